The summed E-state index contributed by atoms with van der Waals surface area (Å²) < 4.78 is 27.2. The minimum absolute atomic E-state index is 0.244. The van der Waals surface area contributed by atoms with Gasteiger partial charge in [0.2, 0.25) is 0 Å². The Labute approximate surface area is 183 Å². The molecule has 7 heteroatoms. The molecule has 30 heavy (non-hydrogen) atoms. The smallest absolute Gasteiger partial charge is 0.335 e. The molecule has 0 aromatic heterocycles. The molecule has 0 spiro atoms. The summed E-state index contributed by atoms with van der Waals surface area (Å²) in [5, 5.41) is 11.2. The summed E-state index contributed by atoms with van der Waals surface area (Å²) in [6.07, 6.45) is 0.163. The molecule has 1 aromatic rings. The third-order valence-corrected chi connectivity index (χ3v) is 17.8. The van der Waals surface area contributed by atoms with Gasteiger partial charge in [-0.05, 0) is 34.1 Å². The van der Waals surface area contributed by atoms with Gasteiger partial charge in [0.05, 0.1) is 12.7 Å². The van der Waals surface area contributed by atoms with Crippen molar-refractivity contribution in [2.45, 2.75) is 101 Å². The van der Waals surface area contributed by atoms with Gasteiger partial charge in [-0.1, -0.05) is 71.9 Å². The molecule has 4 rings (SSSR count). The maximum atomic E-state index is 11.2. The Morgan fingerprint density at radius 3 is 2.27 bits per heavy atom. The molecule has 3 saturated heterocycles. The second kappa shape index (κ2) is 8.42. The van der Waals surface area contributed by atoms with Crippen molar-refractivity contribution in [3.63, 3.8) is 0 Å². The van der Waals surface area contributed by atoms with Crippen molar-refractivity contribution in [2.75, 3.05) is 6.61 Å². The van der Waals surface area contributed by atoms with Crippen LogP contribution in [0.4, 0.5) is 0 Å². The van der Waals surface area contributed by atoms with E-state index in [4.69, 9.17) is 17.7 Å². The number of aliphatic hydroxyl groups excluding tert-OH is 1. The summed E-state index contributed by atoms with van der Waals surface area (Å²) >= 11 is 0. The summed E-state index contributed by atoms with van der Waals surface area (Å²) in [4.78, 5) is 0. The number of fused-ring (bicyclic) bond motifs is 3. The van der Waals surface area contributed by atoms with Crippen LogP contribution in [0.2, 0.25) is 22.2 Å². The third-order valence-electron chi connectivity index (χ3n) is 7.52. The van der Waals surface area contributed by atoms with Crippen LogP contribution in [0.15, 0.2) is 30.3 Å². The molecule has 5 nitrogen and oxygen atoms in total. The molecule has 0 saturated carbocycles. The van der Waals surface area contributed by atoms with Crippen LogP contribution < -0.4 is 0 Å². The van der Waals surface area contributed by atoms with Crippen LogP contribution in [0.1, 0.15) is 53.5 Å². The van der Waals surface area contributed by atoms with E-state index in [0.717, 1.165) is 12.0 Å². The summed E-state index contributed by atoms with van der Waals surface area (Å²) in [5.74, 6) is 0. The van der Waals surface area contributed by atoms with Crippen LogP contribution >= 0.6 is 0 Å². The zero-order valence-electron chi connectivity index (χ0n) is 19.2. The van der Waals surface area contributed by atoms with Gasteiger partial charge in [-0.2, -0.15) is 0 Å². The van der Waals surface area contributed by atoms with Gasteiger partial charge < -0.3 is 22.8 Å². The molecule has 2 bridgehead atoms. The van der Waals surface area contributed by atoms with Crippen LogP contribution in [0.5, 0.6) is 0 Å². The molecule has 3 aliphatic rings. The molecule has 1 N–H and O–H groups in total. The monoisotopic (exact) mass is 450 g/mol. The Kier molecular flexibility index (Phi) is 6.36. The second-order valence-electron chi connectivity index (χ2n) is 10.2. The molecule has 0 aliphatic carbocycles. The molecule has 3 heterocycles. The lowest BCUT2D eigenvalue weighted by Crippen LogP contribution is -2.69. The van der Waals surface area contributed by atoms with E-state index in [1.807, 2.05) is 18.2 Å². The van der Waals surface area contributed by atoms with E-state index in [9.17, 15) is 5.11 Å². The Bertz CT molecular complexity index is 732. The van der Waals surface area contributed by atoms with E-state index >= 15 is 0 Å². The number of hydrogen-bond donors (Lipinski definition) is 1. The predicted octanol–water partition coefficient (Wildman–Crippen LogP) is 4.68. The van der Waals surface area contributed by atoms with Gasteiger partial charge in [0.25, 0.3) is 0 Å². The van der Waals surface area contributed by atoms with Gasteiger partial charge in [0.15, 0.2) is 0 Å². The van der Waals surface area contributed by atoms with E-state index in [1.54, 1.807) is 0 Å². The van der Waals surface area contributed by atoms with E-state index in [1.165, 1.54) is 0 Å². The summed E-state index contributed by atoms with van der Waals surface area (Å²) in [6, 6.07) is 10.2. The van der Waals surface area contributed by atoms with Gasteiger partial charge in [0, 0.05) is 6.42 Å². The Balaban J connectivity index is 1.66. The van der Waals surface area contributed by atoms with Crippen molar-refractivity contribution >= 4 is 17.1 Å². The lowest BCUT2D eigenvalue weighted by atomic mass is 10.0. The SMILES string of the molecule is CC(C)[Si]12OCC3OC(Cc4ccccc4)C(O)C3O[Si](C(C)C)(O1)C(C)CC2C. The Morgan fingerprint density at radius 1 is 1.00 bits per heavy atom. The van der Waals surface area contributed by atoms with Gasteiger partial charge in [-0.15, -0.1) is 0 Å². The van der Waals surface area contributed by atoms with Crippen LogP contribution in [-0.4, -0.2) is 53.3 Å². The first-order valence-corrected chi connectivity index (χ1v) is 15.5. The van der Waals surface area contributed by atoms with Gasteiger partial charge in [0.1, 0.15) is 18.3 Å². The first kappa shape index (κ1) is 22.6. The fourth-order valence-electron chi connectivity index (χ4n) is 5.83. The van der Waals surface area contributed by atoms with Gasteiger partial charge in [-0.3, -0.25) is 0 Å². The van der Waals surface area contributed by atoms with Crippen molar-refractivity contribution in [3.8, 4) is 0 Å². The molecule has 0 amide bonds. The number of rotatable bonds is 4. The van der Waals surface area contributed by atoms with Crippen molar-refractivity contribution in [2.24, 2.45) is 0 Å². The highest BCUT2D eigenvalue weighted by Crippen LogP contribution is 2.55. The first-order chi connectivity index (χ1) is 14.2. The lowest BCUT2D eigenvalue weighted by Gasteiger charge is -2.56. The number of benzene rings is 1. The topological polar surface area (TPSA) is 57.2 Å². The van der Waals surface area contributed by atoms with Gasteiger partial charge >= 0.3 is 17.1 Å². The van der Waals surface area contributed by atoms with E-state index in [0.29, 0.717) is 29.7 Å². The van der Waals surface area contributed by atoms with Crippen molar-refractivity contribution in [3.05, 3.63) is 35.9 Å². The highest BCUT2D eigenvalue weighted by Gasteiger charge is 2.66. The minimum atomic E-state index is -2.63. The highest BCUT2D eigenvalue weighted by atomic mass is 28.5. The summed E-state index contributed by atoms with van der Waals surface area (Å²) in [7, 11) is -5.10. The standard InChI is InChI=1S/C23H38O5Si2/c1-15(2)29-17(5)12-18(6)30(28-29,16(3)4)27-23-21(14-25-29)26-20(22(23)24)13-19-10-8-7-9-11-19/h7-11,15-18,20-24H,12-14H2,1-6H3. The van der Waals surface area contributed by atoms with Crippen LogP contribution in [0, 0.1) is 0 Å². The molecule has 8 atom stereocenters. The van der Waals surface area contributed by atoms with Crippen molar-refractivity contribution in [1.29, 1.82) is 0 Å². The molecule has 8 unspecified atom stereocenters. The quantitative estimate of drug-likeness (QED) is 0.675. The Hall–Kier alpha value is -0.546. The second-order valence-corrected chi connectivity index (χ2v) is 18.7. The number of hydrogen-bond acceptors (Lipinski definition) is 5. The zero-order chi connectivity index (χ0) is 21.7. The van der Waals surface area contributed by atoms with Crippen molar-refractivity contribution < 1.29 is 22.8 Å². The average Bonchev–Trinajstić information content (AvgIpc) is 2.96. The number of ether oxygens (including phenoxy) is 1. The molecular weight excluding hydrogens is 412 g/mol. The Morgan fingerprint density at radius 2 is 1.63 bits per heavy atom. The zero-order valence-corrected chi connectivity index (χ0v) is 21.2. The van der Waals surface area contributed by atoms with E-state index in [-0.39, 0.29) is 23.9 Å². The maximum Gasteiger partial charge on any atom is 0.335 e. The normalized spacial score (nSPS) is 44.0. The van der Waals surface area contributed by atoms with Gasteiger partial charge in [-0.25, -0.2) is 0 Å². The first-order valence-electron chi connectivity index (χ1n) is 11.6. The minimum Gasteiger partial charge on any atom is -0.414 e. The van der Waals surface area contributed by atoms with Crippen molar-refractivity contribution in [1.82, 2.24) is 0 Å². The fourth-order valence-corrected chi connectivity index (χ4v) is 17.9. The molecule has 3 aliphatic heterocycles. The average molecular weight is 451 g/mol. The molecule has 1 aromatic carbocycles. The molecule has 0 radical (unpaired) electrons. The van der Waals surface area contributed by atoms with Crippen LogP contribution in [0.3, 0.4) is 0 Å². The summed E-state index contributed by atoms with van der Waals surface area (Å²) in [6.45, 7) is 13.9. The molecular formula is C23H38O5Si2. The lowest BCUT2D eigenvalue weighted by molar-refractivity contribution is -0.0422. The fraction of sp³-hybridized carbons (Fsp3) is 0.739. The van der Waals surface area contributed by atoms with E-state index < -0.39 is 23.2 Å². The maximum absolute atomic E-state index is 11.2. The highest BCUT2D eigenvalue weighted by molar-refractivity contribution is 6.85. The largest absolute Gasteiger partial charge is 0.414 e. The number of aliphatic hydroxyl groups is 1. The molecule has 168 valence electrons. The predicted molar refractivity (Wildman–Crippen MR) is 122 cm³/mol. The molecule has 3 fully saturated rings. The van der Waals surface area contributed by atoms with Crippen LogP contribution in [0.25, 0.3) is 0 Å². The van der Waals surface area contributed by atoms with E-state index in [2.05, 4.69) is 53.7 Å². The third kappa shape index (κ3) is 3.66. The summed E-state index contributed by atoms with van der Waals surface area (Å²) in [5.41, 5.74) is 2.57. The van der Waals surface area contributed by atoms with Crippen LogP contribution in [-0.2, 0) is 24.1 Å².